The maximum atomic E-state index is 10.3. The summed E-state index contributed by atoms with van der Waals surface area (Å²) in [4.78, 5) is 6.35. The van der Waals surface area contributed by atoms with Gasteiger partial charge in [0.15, 0.2) is 11.6 Å². The number of phenolic OH excluding ortho intramolecular Hbond substituents is 1. The van der Waals surface area contributed by atoms with Crippen LogP contribution in [-0.2, 0) is 6.54 Å². The van der Waals surface area contributed by atoms with Crippen LogP contribution in [0.5, 0.6) is 5.75 Å². The van der Waals surface area contributed by atoms with E-state index in [1.807, 2.05) is 53.2 Å². The number of nitrogens with zero attached hydrogens (tertiary/aromatic N) is 3. The third kappa shape index (κ3) is 4.49. The Morgan fingerprint density at radius 2 is 1.68 bits per heavy atom. The fourth-order valence-corrected chi connectivity index (χ4v) is 3.75. The number of hydrogen-bond donors (Lipinski definition) is 2. The molecule has 3 aromatic rings. The molecule has 1 aromatic heterocycles. The van der Waals surface area contributed by atoms with Gasteiger partial charge in [0.05, 0.1) is 31.7 Å². The highest BCUT2D eigenvalue weighted by Gasteiger charge is 2.17. The van der Waals surface area contributed by atoms with Crippen molar-refractivity contribution in [3.63, 3.8) is 0 Å². The standard InChI is InChI=1S/C23H26N4O/c28-21-12-6-5-11-20(21)23-24-22(14-13-19-9-3-1-4-10-19)25-27(23)18-17-26-15-7-2-8-16-26/h1,3-6,9-14,28H,2,7-8,15-18H2/p+1/b14-13+. The zero-order valence-corrected chi connectivity index (χ0v) is 16.1. The van der Waals surface area contributed by atoms with Gasteiger partial charge in [0, 0.05) is 0 Å². The van der Waals surface area contributed by atoms with E-state index < -0.39 is 0 Å². The lowest BCUT2D eigenvalue weighted by Crippen LogP contribution is -3.13. The molecule has 0 aliphatic carbocycles. The number of para-hydroxylation sites is 1. The van der Waals surface area contributed by atoms with Gasteiger partial charge in [-0.25, -0.2) is 9.67 Å². The van der Waals surface area contributed by atoms with Crippen molar-refractivity contribution in [2.45, 2.75) is 25.8 Å². The minimum absolute atomic E-state index is 0.236. The number of aromatic hydroxyl groups is 1. The number of nitrogens with one attached hydrogen (secondary N) is 1. The van der Waals surface area contributed by atoms with E-state index in [1.165, 1.54) is 32.4 Å². The Hall–Kier alpha value is -2.92. The molecule has 1 aliphatic rings. The van der Waals surface area contributed by atoms with Gasteiger partial charge in [0.25, 0.3) is 0 Å². The van der Waals surface area contributed by atoms with E-state index in [4.69, 9.17) is 10.1 Å². The molecule has 144 valence electrons. The Morgan fingerprint density at radius 3 is 2.46 bits per heavy atom. The summed E-state index contributed by atoms with van der Waals surface area (Å²) in [5, 5.41) is 15.0. The van der Waals surface area contributed by atoms with Gasteiger partial charge in [0.1, 0.15) is 5.75 Å². The van der Waals surface area contributed by atoms with Gasteiger partial charge in [-0.2, -0.15) is 5.10 Å². The first-order chi connectivity index (χ1) is 13.8. The van der Waals surface area contributed by atoms with E-state index in [0.717, 1.165) is 30.0 Å². The predicted molar refractivity (Wildman–Crippen MR) is 112 cm³/mol. The minimum atomic E-state index is 0.236. The molecule has 5 nitrogen and oxygen atoms in total. The molecule has 4 rings (SSSR count). The Balaban J connectivity index is 1.59. The fourth-order valence-electron chi connectivity index (χ4n) is 3.75. The Bertz CT molecular complexity index is 927. The second kappa shape index (κ2) is 8.85. The molecule has 0 amide bonds. The number of benzene rings is 2. The van der Waals surface area contributed by atoms with Crippen molar-refractivity contribution < 1.29 is 10.0 Å². The average molecular weight is 375 g/mol. The monoisotopic (exact) mass is 375 g/mol. The highest BCUT2D eigenvalue weighted by Crippen LogP contribution is 2.27. The lowest BCUT2D eigenvalue weighted by Gasteiger charge is -2.23. The summed E-state index contributed by atoms with van der Waals surface area (Å²) in [6.07, 6.45) is 7.92. The normalized spacial score (nSPS) is 15.3. The summed E-state index contributed by atoms with van der Waals surface area (Å²) in [5.74, 6) is 1.62. The van der Waals surface area contributed by atoms with Crippen LogP contribution in [0.2, 0.25) is 0 Å². The summed E-state index contributed by atoms with van der Waals surface area (Å²) in [6, 6.07) is 17.5. The molecular formula is C23H27N4O+. The third-order valence-electron chi connectivity index (χ3n) is 5.30. The molecule has 2 N–H and O–H groups in total. The van der Waals surface area contributed by atoms with Crippen molar-refractivity contribution >= 4 is 12.2 Å². The van der Waals surface area contributed by atoms with Gasteiger partial charge in [-0.1, -0.05) is 48.5 Å². The molecule has 0 saturated carbocycles. The first-order valence-electron chi connectivity index (χ1n) is 10.1. The van der Waals surface area contributed by atoms with Gasteiger partial charge in [-0.3, -0.25) is 0 Å². The molecule has 1 aliphatic heterocycles. The molecule has 2 heterocycles. The summed E-state index contributed by atoms with van der Waals surface area (Å²) >= 11 is 0. The smallest absolute Gasteiger partial charge is 0.174 e. The van der Waals surface area contributed by atoms with E-state index in [2.05, 4.69) is 12.1 Å². The lowest BCUT2D eigenvalue weighted by molar-refractivity contribution is -0.905. The van der Waals surface area contributed by atoms with Gasteiger partial charge in [-0.05, 0) is 43.0 Å². The lowest BCUT2D eigenvalue weighted by atomic mass is 10.1. The van der Waals surface area contributed by atoms with E-state index in [-0.39, 0.29) is 5.75 Å². The van der Waals surface area contributed by atoms with Crippen LogP contribution in [0, 0.1) is 0 Å². The minimum Gasteiger partial charge on any atom is -0.507 e. The van der Waals surface area contributed by atoms with E-state index in [9.17, 15) is 5.11 Å². The van der Waals surface area contributed by atoms with Crippen LogP contribution < -0.4 is 4.90 Å². The summed E-state index contributed by atoms with van der Waals surface area (Å²) < 4.78 is 1.95. The number of rotatable bonds is 6. The highest BCUT2D eigenvalue weighted by molar-refractivity contribution is 5.69. The van der Waals surface area contributed by atoms with Gasteiger partial charge >= 0.3 is 0 Å². The topological polar surface area (TPSA) is 55.4 Å². The molecule has 28 heavy (non-hydrogen) atoms. The fraction of sp³-hybridized carbons (Fsp3) is 0.304. The molecular weight excluding hydrogens is 348 g/mol. The van der Waals surface area contributed by atoms with Crippen LogP contribution >= 0.6 is 0 Å². The molecule has 0 spiro atoms. The molecule has 1 saturated heterocycles. The highest BCUT2D eigenvalue weighted by atomic mass is 16.3. The van der Waals surface area contributed by atoms with Crippen molar-refractivity contribution in [1.29, 1.82) is 0 Å². The summed E-state index contributed by atoms with van der Waals surface area (Å²) in [7, 11) is 0. The molecule has 0 unspecified atom stereocenters. The van der Waals surface area contributed by atoms with Crippen LogP contribution in [0.25, 0.3) is 23.5 Å². The summed E-state index contributed by atoms with van der Waals surface area (Å²) in [5.41, 5.74) is 1.84. The van der Waals surface area contributed by atoms with E-state index in [1.54, 1.807) is 11.0 Å². The SMILES string of the molecule is Oc1ccccc1-c1nc(/C=C/c2ccccc2)nn1CC[NH+]1CCCCC1. The first kappa shape index (κ1) is 18.4. The van der Waals surface area contributed by atoms with Crippen LogP contribution in [0.1, 0.15) is 30.7 Å². The van der Waals surface area contributed by atoms with Crippen LogP contribution in [0.4, 0.5) is 0 Å². The van der Waals surface area contributed by atoms with Crippen molar-refractivity contribution in [3.8, 4) is 17.1 Å². The average Bonchev–Trinajstić information content (AvgIpc) is 3.15. The van der Waals surface area contributed by atoms with Gasteiger partial charge in [0.2, 0.25) is 0 Å². The Morgan fingerprint density at radius 1 is 0.929 bits per heavy atom. The molecule has 0 bridgehead atoms. The Kier molecular flexibility index (Phi) is 5.83. The molecule has 5 heteroatoms. The zero-order valence-electron chi connectivity index (χ0n) is 16.1. The summed E-state index contributed by atoms with van der Waals surface area (Å²) in [6.45, 7) is 4.31. The number of hydrogen-bond acceptors (Lipinski definition) is 3. The van der Waals surface area contributed by atoms with Crippen molar-refractivity contribution in [1.82, 2.24) is 14.8 Å². The predicted octanol–water partition coefficient (Wildman–Crippen LogP) is 2.89. The van der Waals surface area contributed by atoms with Gasteiger partial charge in [-0.15, -0.1) is 0 Å². The van der Waals surface area contributed by atoms with Crippen molar-refractivity contribution in [3.05, 3.63) is 66.0 Å². The van der Waals surface area contributed by atoms with Crippen molar-refractivity contribution in [2.75, 3.05) is 19.6 Å². The van der Waals surface area contributed by atoms with E-state index >= 15 is 0 Å². The maximum absolute atomic E-state index is 10.3. The number of piperidine rings is 1. The van der Waals surface area contributed by atoms with Crippen LogP contribution in [0.3, 0.4) is 0 Å². The quantitative estimate of drug-likeness (QED) is 0.697. The second-order valence-electron chi connectivity index (χ2n) is 7.34. The largest absolute Gasteiger partial charge is 0.507 e. The van der Waals surface area contributed by atoms with Crippen LogP contribution in [0.15, 0.2) is 54.6 Å². The number of aromatic nitrogens is 3. The third-order valence-corrected chi connectivity index (χ3v) is 5.30. The van der Waals surface area contributed by atoms with Crippen molar-refractivity contribution in [2.24, 2.45) is 0 Å². The Labute approximate surface area is 166 Å². The molecule has 1 fully saturated rings. The second-order valence-corrected chi connectivity index (χ2v) is 7.34. The maximum Gasteiger partial charge on any atom is 0.174 e. The van der Waals surface area contributed by atoms with Crippen LogP contribution in [-0.4, -0.2) is 39.5 Å². The number of phenols is 1. The number of quaternary nitrogens is 1. The van der Waals surface area contributed by atoms with E-state index in [0.29, 0.717) is 5.82 Å². The molecule has 0 radical (unpaired) electrons. The molecule has 0 atom stereocenters. The number of likely N-dealkylation sites (tertiary alicyclic amines) is 1. The zero-order chi connectivity index (χ0) is 19.2. The first-order valence-corrected chi connectivity index (χ1v) is 10.1. The van der Waals surface area contributed by atoms with Gasteiger partial charge < -0.3 is 10.0 Å². The molecule has 2 aromatic carbocycles.